The lowest BCUT2D eigenvalue weighted by Gasteiger charge is -2.35. The Bertz CT molecular complexity index is 632. The van der Waals surface area contributed by atoms with Crippen LogP contribution in [0.5, 0.6) is 0 Å². The van der Waals surface area contributed by atoms with Gasteiger partial charge in [0.05, 0.1) is 36.6 Å². The van der Waals surface area contributed by atoms with Gasteiger partial charge in [-0.15, -0.1) is 0 Å². The molecule has 4 nitrogen and oxygen atoms in total. The first kappa shape index (κ1) is 17.9. The third kappa shape index (κ3) is 2.80. The lowest BCUT2D eigenvalue weighted by atomic mass is 9.75. The summed E-state index contributed by atoms with van der Waals surface area (Å²) in [4.78, 5) is 12.3. The summed E-state index contributed by atoms with van der Waals surface area (Å²) in [6.45, 7) is 6.93. The molecule has 0 amide bonds. The van der Waals surface area contributed by atoms with Crippen molar-refractivity contribution in [1.82, 2.24) is 0 Å². The van der Waals surface area contributed by atoms with E-state index in [4.69, 9.17) is 14.2 Å². The van der Waals surface area contributed by atoms with Crippen molar-refractivity contribution in [3.05, 3.63) is 35.4 Å². The van der Waals surface area contributed by atoms with Gasteiger partial charge in [-0.3, -0.25) is 0 Å². The van der Waals surface area contributed by atoms with Crippen LogP contribution in [-0.2, 0) is 20.8 Å². The molecule has 0 N–H and O–H groups in total. The second kappa shape index (κ2) is 6.43. The molecule has 1 aromatic rings. The smallest absolute Gasteiger partial charge is 0.338 e. The Hall–Kier alpha value is -0.910. The third-order valence-electron chi connectivity index (χ3n) is 5.56. The second-order valence-corrected chi connectivity index (χ2v) is 8.45. The maximum absolute atomic E-state index is 11.9. The Kier molecular flexibility index (Phi) is 4.80. The number of carbonyl (C=O) groups excluding carboxylic acids is 1. The van der Waals surface area contributed by atoms with Gasteiger partial charge in [-0.2, -0.15) is 0 Å². The fraction of sp³-hybridized carbons (Fsp3) is 0.632. The van der Waals surface area contributed by atoms with Crippen molar-refractivity contribution in [2.45, 2.75) is 62.4 Å². The van der Waals surface area contributed by atoms with Crippen molar-refractivity contribution in [3.63, 3.8) is 0 Å². The van der Waals surface area contributed by atoms with E-state index in [1.54, 1.807) is 6.07 Å². The van der Waals surface area contributed by atoms with Gasteiger partial charge in [-0.25, -0.2) is 4.79 Å². The van der Waals surface area contributed by atoms with E-state index in [0.717, 1.165) is 18.4 Å². The number of carbonyl (C=O) groups is 1. The average Bonchev–Trinajstić information content (AvgIpc) is 3.00. The molecule has 0 saturated carbocycles. The molecule has 3 rings (SSSR count). The highest BCUT2D eigenvalue weighted by Crippen LogP contribution is 2.57. The SMILES string of the molecule is COC(=O)c1ccccc1COC1CC2(C(C)C)OC1(C)CC2Br. The van der Waals surface area contributed by atoms with Crippen molar-refractivity contribution in [3.8, 4) is 0 Å². The van der Waals surface area contributed by atoms with Crippen LogP contribution in [0.4, 0.5) is 0 Å². The van der Waals surface area contributed by atoms with Gasteiger partial charge in [0, 0.05) is 11.2 Å². The van der Waals surface area contributed by atoms with Gasteiger partial charge in [-0.05, 0) is 30.9 Å². The molecule has 4 atom stereocenters. The van der Waals surface area contributed by atoms with Gasteiger partial charge in [0.25, 0.3) is 0 Å². The first-order valence-corrected chi connectivity index (χ1v) is 9.36. The Balaban J connectivity index is 1.74. The largest absolute Gasteiger partial charge is 0.465 e. The Morgan fingerprint density at radius 2 is 2.08 bits per heavy atom. The Morgan fingerprint density at radius 1 is 1.38 bits per heavy atom. The van der Waals surface area contributed by atoms with E-state index in [9.17, 15) is 4.79 Å². The summed E-state index contributed by atoms with van der Waals surface area (Å²) in [5.41, 5.74) is 0.968. The normalized spacial score (nSPS) is 34.8. The molecule has 2 aliphatic heterocycles. The van der Waals surface area contributed by atoms with Gasteiger partial charge in [-0.1, -0.05) is 48.0 Å². The topological polar surface area (TPSA) is 44.8 Å². The molecule has 1 aromatic carbocycles. The Labute approximate surface area is 152 Å². The van der Waals surface area contributed by atoms with E-state index in [0.29, 0.717) is 22.9 Å². The van der Waals surface area contributed by atoms with Crippen LogP contribution in [0.2, 0.25) is 0 Å². The van der Waals surface area contributed by atoms with E-state index in [1.807, 2.05) is 18.2 Å². The van der Waals surface area contributed by atoms with Gasteiger partial charge in [0.1, 0.15) is 0 Å². The van der Waals surface area contributed by atoms with Gasteiger partial charge < -0.3 is 14.2 Å². The van der Waals surface area contributed by atoms with Crippen molar-refractivity contribution in [2.24, 2.45) is 5.92 Å². The molecule has 0 aliphatic carbocycles. The first-order valence-electron chi connectivity index (χ1n) is 8.44. The summed E-state index contributed by atoms with van der Waals surface area (Å²) in [5, 5.41) is 0. The van der Waals surface area contributed by atoms with E-state index < -0.39 is 0 Å². The van der Waals surface area contributed by atoms with Gasteiger partial charge in [0.2, 0.25) is 0 Å². The molecule has 0 spiro atoms. The third-order valence-corrected chi connectivity index (χ3v) is 6.66. The van der Waals surface area contributed by atoms with Crippen LogP contribution in [0, 0.1) is 5.92 Å². The molecule has 4 unspecified atom stereocenters. The number of methoxy groups -OCH3 is 1. The zero-order valence-electron chi connectivity index (χ0n) is 14.7. The van der Waals surface area contributed by atoms with E-state index in [2.05, 4.69) is 36.7 Å². The highest BCUT2D eigenvalue weighted by atomic mass is 79.9. The first-order chi connectivity index (χ1) is 11.3. The summed E-state index contributed by atoms with van der Waals surface area (Å²) >= 11 is 3.81. The van der Waals surface area contributed by atoms with Crippen molar-refractivity contribution in [1.29, 1.82) is 0 Å². The minimum absolute atomic E-state index is 0.0272. The minimum atomic E-state index is -0.330. The highest BCUT2D eigenvalue weighted by molar-refractivity contribution is 9.09. The number of halogens is 1. The lowest BCUT2D eigenvalue weighted by molar-refractivity contribution is -0.0955. The maximum atomic E-state index is 11.9. The molecule has 5 heteroatoms. The zero-order chi connectivity index (χ0) is 17.5. The number of alkyl halides is 1. The van der Waals surface area contributed by atoms with E-state index >= 15 is 0 Å². The molecule has 2 heterocycles. The second-order valence-electron chi connectivity index (χ2n) is 7.35. The summed E-state index contributed by atoms with van der Waals surface area (Å²) in [7, 11) is 1.40. The molecule has 2 fully saturated rings. The zero-order valence-corrected chi connectivity index (χ0v) is 16.3. The fourth-order valence-electron chi connectivity index (χ4n) is 4.04. The number of hydrogen-bond donors (Lipinski definition) is 0. The van der Waals surface area contributed by atoms with Crippen LogP contribution < -0.4 is 0 Å². The quantitative estimate of drug-likeness (QED) is 0.555. The molecule has 2 saturated heterocycles. The van der Waals surface area contributed by atoms with Crippen LogP contribution in [0.15, 0.2) is 24.3 Å². The summed E-state index contributed by atoms with van der Waals surface area (Å²) < 4.78 is 17.5. The average molecular weight is 397 g/mol. The number of fused-ring (bicyclic) bond motifs is 2. The van der Waals surface area contributed by atoms with Crippen LogP contribution >= 0.6 is 15.9 Å². The number of benzene rings is 1. The minimum Gasteiger partial charge on any atom is -0.465 e. The highest BCUT2D eigenvalue weighted by Gasteiger charge is 2.65. The monoisotopic (exact) mass is 396 g/mol. The molecule has 2 bridgehead atoms. The number of ether oxygens (including phenoxy) is 3. The van der Waals surface area contributed by atoms with Crippen molar-refractivity contribution >= 4 is 21.9 Å². The number of hydrogen-bond acceptors (Lipinski definition) is 4. The van der Waals surface area contributed by atoms with Crippen molar-refractivity contribution < 1.29 is 19.0 Å². The number of esters is 1. The van der Waals surface area contributed by atoms with Gasteiger partial charge >= 0.3 is 5.97 Å². The van der Waals surface area contributed by atoms with Gasteiger partial charge in [0.15, 0.2) is 0 Å². The molecular weight excluding hydrogens is 372 g/mol. The molecule has 132 valence electrons. The molecule has 24 heavy (non-hydrogen) atoms. The summed E-state index contributed by atoms with van der Waals surface area (Å²) in [5.74, 6) is 0.0865. The lowest BCUT2D eigenvalue weighted by Crippen LogP contribution is -2.44. The van der Waals surface area contributed by atoms with Crippen LogP contribution in [-0.4, -0.2) is 35.2 Å². The van der Waals surface area contributed by atoms with Crippen LogP contribution in [0.1, 0.15) is 49.5 Å². The fourth-order valence-corrected chi connectivity index (χ4v) is 5.49. The van der Waals surface area contributed by atoms with E-state index in [-0.39, 0.29) is 23.3 Å². The maximum Gasteiger partial charge on any atom is 0.338 e. The molecule has 0 aromatic heterocycles. The Morgan fingerprint density at radius 3 is 2.71 bits per heavy atom. The summed E-state index contributed by atoms with van der Waals surface area (Å²) in [6.07, 6.45) is 1.84. The number of rotatable bonds is 5. The van der Waals surface area contributed by atoms with Crippen molar-refractivity contribution in [2.75, 3.05) is 7.11 Å². The molecule has 2 aliphatic rings. The van der Waals surface area contributed by atoms with E-state index in [1.165, 1.54) is 7.11 Å². The van der Waals surface area contributed by atoms with Crippen LogP contribution in [0.25, 0.3) is 0 Å². The van der Waals surface area contributed by atoms with Crippen LogP contribution in [0.3, 0.4) is 0 Å². The standard InChI is InChI=1S/C19H25BrO4/c1-12(2)19-10-16(18(3,24-19)9-15(19)20)23-11-13-7-5-6-8-14(13)17(21)22-4/h5-8,12,15-16H,9-11H2,1-4H3. The molecule has 0 radical (unpaired) electrons. The molecular formula is C19H25BrO4. The summed E-state index contributed by atoms with van der Waals surface area (Å²) in [6, 6.07) is 7.43. The predicted octanol–water partition coefficient (Wildman–Crippen LogP) is 4.10. The predicted molar refractivity (Wildman–Crippen MR) is 95.4 cm³/mol.